The molecule has 0 spiro atoms. The zero-order valence-corrected chi connectivity index (χ0v) is 15.9. The summed E-state index contributed by atoms with van der Waals surface area (Å²) in [7, 11) is 0. The van der Waals surface area contributed by atoms with E-state index in [-0.39, 0.29) is 0 Å². The number of thioether (sulfide) groups is 1. The number of hydrogen-bond donors (Lipinski definition) is 1. The van der Waals surface area contributed by atoms with Gasteiger partial charge in [-0.25, -0.2) is 4.98 Å². The van der Waals surface area contributed by atoms with Crippen molar-refractivity contribution >= 4 is 33.8 Å². The molecule has 1 fully saturated rings. The van der Waals surface area contributed by atoms with Gasteiger partial charge < -0.3 is 9.47 Å². The molecule has 132 valence electrons. The van der Waals surface area contributed by atoms with E-state index in [1.165, 1.54) is 50.0 Å². The van der Waals surface area contributed by atoms with Gasteiger partial charge in [0, 0.05) is 11.9 Å². The lowest BCUT2D eigenvalue weighted by Crippen LogP contribution is -3.13. The molecular weight excluding hydrogens is 330 g/mol. The fraction of sp³-hybridized carbons (Fsp3) is 0.526. The summed E-state index contributed by atoms with van der Waals surface area (Å²) in [6.45, 7) is 9.01. The molecule has 0 bridgehead atoms. The van der Waals surface area contributed by atoms with E-state index in [9.17, 15) is 0 Å². The number of likely N-dealkylation sites (tertiary alicyclic amines) is 1. The topological polar surface area (TPSA) is 48.0 Å². The number of benzene rings is 1. The number of nitrogens with zero attached hydrogens (tertiary/aromatic N) is 4. The van der Waals surface area contributed by atoms with Gasteiger partial charge in [-0.3, -0.25) is 0 Å². The van der Waals surface area contributed by atoms with E-state index < -0.39 is 0 Å². The van der Waals surface area contributed by atoms with Crippen LogP contribution >= 0.6 is 11.8 Å². The SMILES string of the molecule is CCn1c2ccc(C)cc2c2nnc(SCC[NH+]3CCCCC3)nc21. The second-order valence-electron chi connectivity index (χ2n) is 6.94. The number of aromatic nitrogens is 4. The summed E-state index contributed by atoms with van der Waals surface area (Å²) in [4.78, 5) is 6.57. The zero-order valence-electron chi connectivity index (χ0n) is 15.1. The van der Waals surface area contributed by atoms with Gasteiger partial charge in [0.1, 0.15) is 5.52 Å². The molecular formula is C19H26N5S+. The van der Waals surface area contributed by atoms with Crippen LogP contribution in [0.3, 0.4) is 0 Å². The Morgan fingerprint density at radius 1 is 1.16 bits per heavy atom. The first-order valence-electron chi connectivity index (χ1n) is 9.36. The van der Waals surface area contributed by atoms with Crippen LogP contribution < -0.4 is 4.90 Å². The Bertz CT molecular complexity index is 882. The average Bonchev–Trinajstić information content (AvgIpc) is 2.95. The maximum absolute atomic E-state index is 4.84. The molecule has 5 nitrogen and oxygen atoms in total. The summed E-state index contributed by atoms with van der Waals surface area (Å²) >= 11 is 1.74. The van der Waals surface area contributed by atoms with E-state index in [2.05, 4.69) is 46.8 Å². The second-order valence-corrected chi connectivity index (χ2v) is 8.00. The predicted octanol–water partition coefficient (Wildman–Crippen LogP) is 2.47. The zero-order chi connectivity index (χ0) is 17.2. The Hall–Kier alpha value is -1.66. The largest absolute Gasteiger partial charge is 0.334 e. The molecule has 0 saturated carbocycles. The van der Waals surface area contributed by atoms with Crippen molar-refractivity contribution < 1.29 is 4.90 Å². The number of nitrogens with one attached hydrogen (secondary N) is 1. The third-order valence-corrected chi connectivity index (χ3v) is 6.01. The molecule has 3 aromatic rings. The number of hydrogen-bond acceptors (Lipinski definition) is 4. The number of rotatable bonds is 5. The van der Waals surface area contributed by atoms with Crippen LogP contribution in [0.4, 0.5) is 0 Å². The molecule has 3 heterocycles. The molecule has 1 aromatic carbocycles. The monoisotopic (exact) mass is 356 g/mol. The van der Waals surface area contributed by atoms with Crippen LogP contribution in [0.2, 0.25) is 0 Å². The fourth-order valence-corrected chi connectivity index (χ4v) is 4.65. The number of aryl methyl sites for hydroxylation is 2. The lowest BCUT2D eigenvalue weighted by molar-refractivity contribution is -0.902. The Morgan fingerprint density at radius 3 is 2.80 bits per heavy atom. The van der Waals surface area contributed by atoms with Crippen LogP contribution in [0, 0.1) is 6.92 Å². The first-order chi connectivity index (χ1) is 12.3. The van der Waals surface area contributed by atoms with Gasteiger partial charge in [-0.15, -0.1) is 10.2 Å². The Kier molecular flexibility index (Phi) is 4.90. The van der Waals surface area contributed by atoms with Gasteiger partial charge in [-0.1, -0.05) is 23.4 Å². The Morgan fingerprint density at radius 2 is 2.00 bits per heavy atom. The highest BCUT2D eigenvalue weighted by molar-refractivity contribution is 7.99. The van der Waals surface area contributed by atoms with Crippen molar-refractivity contribution in [1.82, 2.24) is 19.7 Å². The number of quaternary nitrogens is 1. The molecule has 4 rings (SSSR count). The molecule has 0 amide bonds. The first kappa shape index (κ1) is 16.8. The average molecular weight is 357 g/mol. The normalized spacial score (nSPS) is 16.1. The smallest absolute Gasteiger partial charge is 0.211 e. The van der Waals surface area contributed by atoms with E-state index >= 15 is 0 Å². The number of fused-ring (bicyclic) bond motifs is 3. The molecule has 0 unspecified atom stereocenters. The summed E-state index contributed by atoms with van der Waals surface area (Å²) in [6.07, 6.45) is 4.15. The van der Waals surface area contributed by atoms with E-state index in [0.29, 0.717) is 0 Å². The van der Waals surface area contributed by atoms with E-state index in [1.807, 2.05) is 0 Å². The van der Waals surface area contributed by atoms with E-state index in [4.69, 9.17) is 4.98 Å². The Balaban J connectivity index is 1.57. The molecule has 0 radical (unpaired) electrons. The van der Waals surface area contributed by atoms with Crippen molar-refractivity contribution in [2.24, 2.45) is 0 Å². The summed E-state index contributed by atoms with van der Waals surface area (Å²) in [5, 5.41) is 10.9. The summed E-state index contributed by atoms with van der Waals surface area (Å²) in [5.74, 6) is 1.06. The van der Waals surface area contributed by atoms with Gasteiger partial charge in [0.25, 0.3) is 0 Å². The van der Waals surface area contributed by atoms with Gasteiger partial charge in [-0.05, 0) is 45.2 Å². The van der Waals surface area contributed by atoms with Crippen LogP contribution in [0.15, 0.2) is 23.4 Å². The van der Waals surface area contributed by atoms with Gasteiger partial charge in [-0.2, -0.15) is 0 Å². The highest BCUT2D eigenvalue weighted by Gasteiger charge is 2.16. The third-order valence-electron chi connectivity index (χ3n) is 5.17. The molecule has 6 heteroatoms. The van der Waals surface area contributed by atoms with Crippen LogP contribution in [0.5, 0.6) is 0 Å². The van der Waals surface area contributed by atoms with Crippen molar-refractivity contribution in [3.8, 4) is 0 Å². The van der Waals surface area contributed by atoms with Crippen molar-refractivity contribution in [3.05, 3.63) is 23.8 Å². The lowest BCUT2D eigenvalue weighted by atomic mass is 10.1. The molecule has 1 saturated heterocycles. The van der Waals surface area contributed by atoms with Crippen molar-refractivity contribution in [2.45, 2.75) is 44.8 Å². The quantitative estimate of drug-likeness (QED) is 0.714. The highest BCUT2D eigenvalue weighted by atomic mass is 32.2. The number of piperidine rings is 1. The molecule has 2 aromatic heterocycles. The molecule has 0 atom stereocenters. The molecule has 25 heavy (non-hydrogen) atoms. The minimum atomic E-state index is 0.804. The summed E-state index contributed by atoms with van der Waals surface area (Å²) in [6, 6.07) is 6.51. The van der Waals surface area contributed by atoms with E-state index in [1.54, 1.807) is 16.7 Å². The molecule has 1 aliphatic rings. The maximum atomic E-state index is 4.84. The minimum Gasteiger partial charge on any atom is -0.334 e. The first-order valence-corrected chi connectivity index (χ1v) is 10.3. The molecule has 1 N–H and O–H groups in total. The Labute approximate surface area is 152 Å². The molecule has 1 aliphatic heterocycles. The van der Waals surface area contributed by atoms with Gasteiger partial charge >= 0.3 is 0 Å². The van der Waals surface area contributed by atoms with E-state index in [0.717, 1.165) is 34.0 Å². The standard InChI is InChI=1S/C19H25N5S/c1-3-24-16-8-7-14(2)13-15(16)17-18(24)20-19(22-21-17)25-12-11-23-9-5-4-6-10-23/h7-8,13H,3-6,9-12H2,1-2H3/p+1. The summed E-state index contributed by atoms with van der Waals surface area (Å²) < 4.78 is 2.25. The van der Waals surface area contributed by atoms with Gasteiger partial charge in [0.15, 0.2) is 5.65 Å². The predicted molar refractivity (Wildman–Crippen MR) is 103 cm³/mol. The summed E-state index contributed by atoms with van der Waals surface area (Å²) in [5.41, 5.74) is 4.33. The fourth-order valence-electron chi connectivity index (χ4n) is 3.82. The van der Waals surface area contributed by atoms with Crippen molar-refractivity contribution in [2.75, 3.05) is 25.4 Å². The maximum Gasteiger partial charge on any atom is 0.211 e. The third kappa shape index (κ3) is 3.37. The van der Waals surface area contributed by atoms with Gasteiger partial charge in [0.05, 0.1) is 30.9 Å². The van der Waals surface area contributed by atoms with Crippen LogP contribution in [0.1, 0.15) is 31.7 Å². The van der Waals surface area contributed by atoms with Crippen LogP contribution in [-0.2, 0) is 6.54 Å². The highest BCUT2D eigenvalue weighted by Crippen LogP contribution is 2.27. The lowest BCUT2D eigenvalue weighted by Gasteiger charge is -2.22. The molecule has 0 aliphatic carbocycles. The van der Waals surface area contributed by atoms with Crippen LogP contribution in [0.25, 0.3) is 22.1 Å². The van der Waals surface area contributed by atoms with Crippen molar-refractivity contribution in [3.63, 3.8) is 0 Å². The minimum absolute atomic E-state index is 0.804. The van der Waals surface area contributed by atoms with Gasteiger partial charge in [0.2, 0.25) is 5.16 Å². The van der Waals surface area contributed by atoms with Crippen molar-refractivity contribution in [1.29, 1.82) is 0 Å². The second kappa shape index (κ2) is 7.30. The van der Waals surface area contributed by atoms with Crippen LogP contribution in [-0.4, -0.2) is 45.1 Å².